The third-order valence-electron chi connectivity index (χ3n) is 4.48. The minimum absolute atomic E-state index is 0.0232. The van der Waals surface area contributed by atoms with E-state index in [-0.39, 0.29) is 11.8 Å². The number of anilines is 1. The van der Waals surface area contributed by atoms with Crippen LogP contribution in [0.1, 0.15) is 25.3 Å². The monoisotopic (exact) mass is 362 g/mol. The maximum atomic E-state index is 11.4. The first kappa shape index (κ1) is 20.0. The van der Waals surface area contributed by atoms with Gasteiger partial charge in [-0.15, -0.1) is 0 Å². The number of ether oxygens (including phenoxy) is 1. The zero-order valence-electron chi connectivity index (χ0n) is 15.7. The first-order valence-electron chi connectivity index (χ1n) is 9.16. The predicted octanol–water partition coefficient (Wildman–Crippen LogP) is 0.485. The number of piperidine rings is 1. The number of rotatable bonds is 8. The van der Waals surface area contributed by atoms with E-state index in [4.69, 9.17) is 10.5 Å². The van der Waals surface area contributed by atoms with Gasteiger partial charge in [0, 0.05) is 57.5 Å². The molecule has 0 radical (unpaired) electrons. The van der Waals surface area contributed by atoms with E-state index in [0.717, 1.165) is 43.3 Å². The smallest absolute Gasteiger partial charge is 0.220 e. The molecule has 1 aliphatic rings. The van der Waals surface area contributed by atoms with Crippen molar-refractivity contribution in [3.63, 3.8) is 0 Å². The molecule has 2 heterocycles. The summed E-state index contributed by atoms with van der Waals surface area (Å²) in [4.78, 5) is 22.4. The molecule has 1 aliphatic heterocycles. The molecule has 0 saturated carbocycles. The molecule has 0 unspecified atom stereocenters. The lowest BCUT2D eigenvalue weighted by Crippen LogP contribution is -2.40. The highest BCUT2D eigenvalue weighted by Gasteiger charge is 2.24. The van der Waals surface area contributed by atoms with Gasteiger partial charge in [-0.2, -0.15) is 0 Å². The fraction of sp³-hybridized carbons (Fsp3) is 0.611. The Morgan fingerprint density at radius 2 is 2.19 bits per heavy atom. The average molecular weight is 362 g/mol. The van der Waals surface area contributed by atoms with Crippen molar-refractivity contribution in [2.45, 2.75) is 26.3 Å². The van der Waals surface area contributed by atoms with E-state index >= 15 is 0 Å². The number of hydrogen-bond donors (Lipinski definition) is 3. The van der Waals surface area contributed by atoms with Crippen LogP contribution in [0, 0.1) is 5.92 Å². The molecule has 1 aromatic rings. The highest BCUT2D eigenvalue weighted by Crippen LogP contribution is 2.24. The van der Waals surface area contributed by atoms with Crippen molar-refractivity contribution in [1.82, 2.24) is 15.6 Å². The molecule has 26 heavy (non-hydrogen) atoms. The van der Waals surface area contributed by atoms with E-state index in [0.29, 0.717) is 26.3 Å². The Balaban J connectivity index is 1.91. The normalized spacial score (nSPS) is 15.8. The standard InChI is InChI=1S/C18H30N6O2/c1-3-26-12-9-22-18(20-2)23-13-15-5-4-8-21-17(15)24-10-6-14(7-11-24)16(19)25/h4-5,8,14H,3,6-7,9-13H2,1-2H3,(H2,19,25)(H2,20,22,23). The Morgan fingerprint density at radius 3 is 2.85 bits per heavy atom. The topological polar surface area (TPSA) is 105 Å². The number of nitrogens with two attached hydrogens (primary N) is 1. The molecular formula is C18H30N6O2. The van der Waals surface area contributed by atoms with E-state index in [1.165, 1.54) is 0 Å². The van der Waals surface area contributed by atoms with Crippen LogP contribution < -0.4 is 21.3 Å². The summed E-state index contributed by atoms with van der Waals surface area (Å²) >= 11 is 0. The summed E-state index contributed by atoms with van der Waals surface area (Å²) in [6.07, 6.45) is 3.35. The van der Waals surface area contributed by atoms with Crippen LogP contribution in [-0.4, -0.2) is 56.7 Å². The summed E-state index contributed by atoms with van der Waals surface area (Å²) in [6, 6.07) is 3.99. The van der Waals surface area contributed by atoms with E-state index < -0.39 is 0 Å². The molecule has 144 valence electrons. The second-order valence-electron chi connectivity index (χ2n) is 6.20. The number of nitrogens with one attached hydrogen (secondary N) is 2. The summed E-state index contributed by atoms with van der Waals surface area (Å²) in [7, 11) is 1.74. The number of hydrogen-bond acceptors (Lipinski definition) is 5. The Morgan fingerprint density at radius 1 is 1.42 bits per heavy atom. The van der Waals surface area contributed by atoms with Crippen molar-refractivity contribution in [3.8, 4) is 0 Å². The van der Waals surface area contributed by atoms with Gasteiger partial charge in [-0.25, -0.2) is 4.98 Å². The molecule has 4 N–H and O–H groups in total. The molecule has 1 saturated heterocycles. The number of carbonyl (C=O) groups is 1. The lowest BCUT2D eigenvalue weighted by Gasteiger charge is -2.32. The van der Waals surface area contributed by atoms with Crippen LogP contribution in [0.4, 0.5) is 5.82 Å². The molecule has 1 amide bonds. The fourth-order valence-corrected chi connectivity index (χ4v) is 3.01. The van der Waals surface area contributed by atoms with Crippen LogP contribution >= 0.6 is 0 Å². The molecule has 1 fully saturated rings. The van der Waals surface area contributed by atoms with Crippen LogP contribution in [-0.2, 0) is 16.1 Å². The summed E-state index contributed by atoms with van der Waals surface area (Å²) in [5.74, 6) is 1.46. The van der Waals surface area contributed by atoms with Gasteiger partial charge in [0.25, 0.3) is 0 Å². The third kappa shape index (κ3) is 5.87. The number of guanidine groups is 1. The Hall–Kier alpha value is -2.35. The SMILES string of the molecule is CCOCCNC(=NC)NCc1cccnc1N1CCC(C(N)=O)CC1. The molecule has 1 aromatic heterocycles. The third-order valence-corrected chi connectivity index (χ3v) is 4.48. The molecule has 8 nitrogen and oxygen atoms in total. The van der Waals surface area contributed by atoms with Crippen LogP contribution in [0.15, 0.2) is 23.3 Å². The quantitative estimate of drug-likeness (QED) is 0.353. The molecule has 8 heteroatoms. The largest absolute Gasteiger partial charge is 0.380 e. The minimum atomic E-state index is -0.200. The van der Waals surface area contributed by atoms with Crippen molar-refractivity contribution >= 4 is 17.7 Å². The van der Waals surface area contributed by atoms with Gasteiger partial charge in [0.1, 0.15) is 5.82 Å². The maximum absolute atomic E-state index is 11.4. The zero-order valence-corrected chi connectivity index (χ0v) is 15.7. The van der Waals surface area contributed by atoms with Gasteiger partial charge in [0.2, 0.25) is 5.91 Å². The van der Waals surface area contributed by atoms with Gasteiger partial charge in [-0.05, 0) is 25.8 Å². The number of primary amides is 1. The minimum Gasteiger partial charge on any atom is -0.380 e. The highest BCUT2D eigenvalue weighted by atomic mass is 16.5. The van der Waals surface area contributed by atoms with Crippen LogP contribution in [0.5, 0.6) is 0 Å². The van der Waals surface area contributed by atoms with Crippen molar-refractivity contribution in [1.29, 1.82) is 0 Å². The van der Waals surface area contributed by atoms with Crippen molar-refractivity contribution in [3.05, 3.63) is 23.9 Å². The summed E-state index contributed by atoms with van der Waals surface area (Å²) < 4.78 is 5.32. The number of aromatic nitrogens is 1. The van der Waals surface area contributed by atoms with Gasteiger partial charge >= 0.3 is 0 Å². The first-order chi connectivity index (χ1) is 12.7. The number of pyridine rings is 1. The molecular weight excluding hydrogens is 332 g/mol. The fourth-order valence-electron chi connectivity index (χ4n) is 3.01. The maximum Gasteiger partial charge on any atom is 0.220 e. The van der Waals surface area contributed by atoms with Crippen LogP contribution in [0.2, 0.25) is 0 Å². The van der Waals surface area contributed by atoms with Gasteiger partial charge in [0.15, 0.2) is 5.96 Å². The van der Waals surface area contributed by atoms with Crippen molar-refractivity contribution < 1.29 is 9.53 Å². The highest BCUT2D eigenvalue weighted by molar-refractivity contribution is 5.79. The number of amides is 1. The van der Waals surface area contributed by atoms with E-state index in [2.05, 4.69) is 31.6 Å². The van der Waals surface area contributed by atoms with Gasteiger partial charge in [-0.3, -0.25) is 9.79 Å². The van der Waals surface area contributed by atoms with Gasteiger partial charge < -0.3 is 26.0 Å². The summed E-state index contributed by atoms with van der Waals surface area (Å²) in [6.45, 7) is 6.23. The van der Waals surface area contributed by atoms with E-state index in [1.807, 2.05) is 13.0 Å². The molecule has 0 bridgehead atoms. The summed E-state index contributed by atoms with van der Waals surface area (Å²) in [5.41, 5.74) is 6.52. The average Bonchev–Trinajstić information content (AvgIpc) is 2.68. The number of nitrogens with zero attached hydrogens (tertiary/aromatic N) is 3. The second kappa shape index (κ2) is 10.6. The molecule has 0 spiro atoms. The van der Waals surface area contributed by atoms with Gasteiger partial charge in [-0.1, -0.05) is 6.07 Å². The van der Waals surface area contributed by atoms with Gasteiger partial charge in [0.05, 0.1) is 6.61 Å². The lowest BCUT2D eigenvalue weighted by molar-refractivity contribution is -0.122. The number of carbonyl (C=O) groups excluding carboxylic acids is 1. The van der Waals surface area contributed by atoms with Crippen molar-refractivity contribution in [2.75, 3.05) is 44.8 Å². The second-order valence-corrected chi connectivity index (χ2v) is 6.20. The predicted molar refractivity (Wildman–Crippen MR) is 103 cm³/mol. The first-order valence-corrected chi connectivity index (χ1v) is 9.16. The Labute approximate surface area is 155 Å². The Kier molecular flexibility index (Phi) is 8.14. The summed E-state index contributed by atoms with van der Waals surface area (Å²) in [5, 5.41) is 6.53. The Bertz CT molecular complexity index is 599. The van der Waals surface area contributed by atoms with Crippen LogP contribution in [0.25, 0.3) is 0 Å². The molecule has 0 aromatic carbocycles. The van der Waals surface area contributed by atoms with Crippen molar-refractivity contribution in [2.24, 2.45) is 16.6 Å². The molecule has 0 aliphatic carbocycles. The molecule has 0 atom stereocenters. The van der Waals surface area contributed by atoms with Crippen LogP contribution in [0.3, 0.4) is 0 Å². The number of aliphatic imine (C=N–C) groups is 1. The van der Waals surface area contributed by atoms with E-state index in [9.17, 15) is 4.79 Å². The van der Waals surface area contributed by atoms with E-state index in [1.54, 1.807) is 13.2 Å². The lowest BCUT2D eigenvalue weighted by atomic mass is 9.96. The molecule has 2 rings (SSSR count). The zero-order chi connectivity index (χ0) is 18.8.